The smallest absolute Gasteiger partial charge is 0.340 e. The molecule has 0 saturated carbocycles. The monoisotopic (exact) mass is 268 g/mol. The quantitative estimate of drug-likeness (QED) is 0.615. The third kappa shape index (κ3) is 4.16. The summed E-state index contributed by atoms with van der Waals surface area (Å²) in [5.41, 5.74) is 0. The predicted molar refractivity (Wildman–Crippen MR) is 61.4 cm³/mol. The van der Waals surface area contributed by atoms with E-state index in [9.17, 15) is 13.5 Å². The third-order valence-electron chi connectivity index (χ3n) is 2.53. The summed E-state index contributed by atoms with van der Waals surface area (Å²) in [5, 5.41) is 18.5. The maximum atomic E-state index is 11.7. The second-order valence-electron chi connectivity index (χ2n) is 3.90. The summed E-state index contributed by atoms with van der Waals surface area (Å²) < 4.78 is 29.1. The molecule has 0 amide bonds. The first-order valence-corrected chi connectivity index (χ1v) is 7.05. The van der Waals surface area contributed by atoms with Crippen molar-refractivity contribution in [3.05, 3.63) is 0 Å². The number of rotatable bonds is 6. The van der Waals surface area contributed by atoms with E-state index in [1.54, 1.807) is 4.90 Å². The van der Waals surface area contributed by atoms with E-state index in [1.165, 1.54) is 0 Å². The van der Waals surface area contributed by atoms with E-state index in [4.69, 9.17) is 9.29 Å². The van der Waals surface area contributed by atoms with Crippen molar-refractivity contribution in [3.8, 4) is 0 Å². The van der Waals surface area contributed by atoms with Gasteiger partial charge in [0.1, 0.15) is 6.23 Å². The molecule has 0 aliphatic carbocycles. The minimum Gasteiger partial charge on any atom is -0.395 e. The van der Waals surface area contributed by atoms with Crippen LogP contribution in [0.15, 0.2) is 0 Å². The van der Waals surface area contributed by atoms with Crippen LogP contribution in [0, 0.1) is 0 Å². The van der Waals surface area contributed by atoms with E-state index < -0.39 is 16.5 Å². The van der Waals surface area contributed by atoms with Gasteiger partial charge in [0.15, 0.2) is 0 Å². The Morgan fingerprint density at radius 2 is 2.12 bits per heavy atom. The molecule has 0 spiro atoms. The van der Waals surface area contributed by atoms with Crippen LogP contribution in [0.4, 0.5) is 0 Å². The summed E-state index contributed by atoms with van der Waals surface area (Å²) >= 11 is 0. The Kier molecular flexibility index (Phi) is 5.77. The summed E-state index contributed by atoms with van der Waals surface area (Å²) in [5.74, 6) is 0. The summed E-state index contributed by atoms with van der Waals surface area (Å²) in [6, 6.07) is 0. The molecular formula is C9H20N2O5S. The van der Waals surface area contributed by atoms with Crippen molar-refractivity contribution in [1.29, 1.82) is 0 Å². The molecule has 1 heterocycles. The van der Waals surface area contributed by atoms with Gasteiger partial charge in [-0.2, -0.15) is 8.42 Å². The lowest BCUT2D eigenvalue weighted by Crippen LogP contribution is -2.55. The van der Waals surface area contributed by atoms with Crippen LogP contribution < -0.4 is 0 Å². The molecule has 1 atom stereocenters. The number of nitrogens with zero attached hydrogens (tertiary/aromatic N) is 2. The molecule has 2 N–H and O–H groups in total. The van der Waals surface area contributed by atoms with Gasteiger partial charge >= 0.3 is 10.3 Å². The summed E-state index contributed by atoms with van der Waals surface area (Å²) in [4.78, 5) is 1.80. The highest BCUT2D eigenvalue weighted by Gasteiger charge is 2.34. The van der Waals surface area contributed by atoms with E-state index in [0.29, 0.717) is 19.5 Å². The van der Waals surface area contributed by atoms with Gasteiger partial charge in [0.2, 0.25) is 0 Å². The lowest BCUT2D eigenvalue weighted by atomic mass is 10.3. The molecular weight excluding hydrogens is 248 g/mol. The minimum absolute atomic E-state index is 0.00813. The SMILES string of the molecule is CCCOS(=O)(=O)N1CCN(CCO)CC1O. The van der Waals surface area contributed by atoms with E-state index in [2.05, 4.69) is 0 Å². The zero-order valence-electron chi connectivity index (χ0n) is 9.95. The maximum absolute atomic E-state index is 11.7. The molecule has 1 aliphatic heterocycles. The van der Waals surface area contributed by atoms with Crippen LogP contribution in [0.3, 0.4) is 0 Å². The van der Waals surface area contributed by atoms with Gasteiger partial charge in [-0.15, -0.1) is 4.31 Å². The first kappa shape index (κ1) is 14.8. The second-order valence-corrected chi connectivity index (χ2v) is 5.46. The van der Waals surface area contributed by atoms with Crippen LogP contribution >= 0.6 is 0 Å². The molecule has 102 valence electrons. The van der Waals surface area contributed by atoms with E-state index in [0.717, 1.165) is 4.31 Å². The molecule has 0 aromatic rings. The van der Waals surface area contributed by atoms with Crippen molar-refractivity contribution in [2.24, 2.45) is 0 Å². The largest absolute Gasteiger partial charge is 0.395 e. The topological polar surface area (TPSA) is 90.3 Å². The molecule has 1 saturated heterocycles. The van der Waals surface area contributed by atoms with E-state index in [1.807, 2.05) is 6.92 Å². The minimum atomic E-state index is -3.84. The standard InChI is InChI=1S/C9H20N2O5S/c1-2-7-16-17(14,15)11-4-3-10(5-6-12)8-9(11)13/h9,12-13H,2-8H2,1H3. The molecule has 0 bridgehead atoms. The van der Waals surface area contributed by atoms with Gasteiger partial charge in [0.05, 0.1) is 13.2 Å². The molecule has 1 fully saturated rings. The average Bonchev–Trinajstić information content (AvgIpc) is 2.26. The van der Waals surface area contributed by atoms with Crippen molar-refractivity contribution in [2.75, 3.05) is 39.4 Å². The molecule has 0 aromatic carbocycles. The highest BCUT2D eigenvalue weighted by Crippen LogP contribution is 2.13. The van der Waals surface area contributed by atoms with Gasteiger partial charge in [-0.05, 0) is 6.42 Å². The zero-order valence-corrected chi connectivity index (χ0v) is 10.8. The molecule has 8 heteroatoms. The van der Waals surface area contributed by atoms with Gasteiger partial charge < -0.3 is 10.2 Å². The Labute approximate surface area is 102 Å². The lowest BCUT2D eigenvalue weighted by Gasteiger charge is -2.36. The van der Waals surface area contributed by atoms with Crippen LogP contribution in [0.1, 0.15) is 13.3 Å². The number of hydrogen-bond donors (Lipinski definition) is 2. The van der Waals surface area contributed by atoms with Crippen LogP contribution in [0.25, 0.3) is 0 Å². The van der Waals surface area contributed by atoms with E-state index >= 15 is 0 Å². The highest BCUT2D eigenvalue weighted by molar-refractivity contribution is 7.84. The maximum Gasteiger partial charge on any atom is 0.340 e. The van der Waals surface area contributed by atoms with Crippen molar-refractivity contribution in [2.45, 2.75) is 19.6 Å². The Hall–Kier alpha value is -0.250. The van der Waals surface area contributed by atoms with Gasteiger partial charge in [0, 0.05) is 26.2 Å². The molecule has 1 unspecified atom stereocenters. The van der Waals surface area contributed by atoms with Gasteiger partial charge in [-0.1, -0.05) is 6.92 Å². The molecule has 1 rings (SSSR count). The first-order chi connectivity index (χ1) is 8.01. The van der Waals surface area contributed by atoms with Crippen LogP contribution in [-0.2, 0) is 14.5 Å². The van der Waals surface area contributed by atoms with Gasteiger partial charge in [-0.25, -0.2) is 0 Å². The third-order valence-corrected chi connectivity index (χ3v) is 4.00. The highest BCUT2D eigenvalue weighted by atomic mass is 32.2. The number of hydrogen-bond acceptors (Lipinski definition) is 6. The summed E-state index contributed by atoms with van der Waals surface area (Å²) in [6.45, 7) is 3.19. The van der Waals surface area contributed by atoms with Crippen LogP contribution in [-0.4, -0.2) is 73.5 Å². The van der Waals surface area contributed by atoms with E-state index in [-0.39, 0.29) is 26.3 Å². The van der Waals surface area contributed by atoms with Crippen LogP contribution in [0.5, 0.6) is 0 Å². The lowest BCUT2D eigenvalue weighted by molar-refractivity contribution is -0.0179. The average molecular weight is 268 g/mol. The van der Waals surface area contributed by atoms with Gasteiger partial charge in [0.25, 0.3) is 0 Å². The fourth-order valence-electron chi connectivity index (χ4n) is 1.66. The fourth-order valence-corrected chi connectivity index (χ4v) is 2.85. The molecule has 0 aromatic heterocycles. The zero-order chi connectivity index (χ0) is 12.9. The van der Waals surface area contributed by atoms with Crippen molar-refractivity contribution in [1.82, 2.24) is 9.21 Å². The second kappa shape index (κ2) is 6.62. The molecule has 17 heavy (non-hydrogen) atoms. The molecule has 1 aliphatic rings. The Bertz CT molecular complexity index is 321. The van der Waals surface area contributed by atoms with Crippen molar-refractivity contribution in [3.63, 3.8) is 0 Å². The normalized spacial score (nSPS) is 24.1. The first-order valence-electron chi connectivity index (χ1n) is 5.68. The Morgan fingerprint density at radius 1 is 1.41 bits per heavy atom. The van der Waals surface area contributed by atoms with Crippen molar-refractivity contribution >= 4 is 10.3 Å². The fraction of sp³-hybridized carbons (Fsp3) is 1.00. The van der Waals surface area contributed by atoms with Crippen molar-refractivity contribution < 1.29 is 22.8 Å². The molecule has 7 nitrogen and oxygen atoms in total. The summed E-state index contributed by atoms with van der Waals surface area (Å²) in [7, 11) is -3.84. The number of piperazine rings is 1. The Balaban J connectivity index is 2.56. The Morgan fingerprint density at radius 3 is 2.65 bits per heavy atom. The number of aliphatic hydroxyl groups is 2. The number of aliphatic hydroxyl groups excluding tert-OH is 2. The van der Waals surface area contributed by atoms with Crippen LogP contribution in [0.2, 0.25) is 0 Å². The molecule has 0 radical (unpaired) electrons. The van der Waals surface area contributed by atoms with Gasteiger partial charge in [-0.3, -0.25) is 9.08 Å². The summed E-state index contributed by atoms with van der Waals surface area (Å²) in [6.07, 6.45) is -0.517. The number of β-amino-alcohol motifs (C(OH)–C–C–N with tert-alkyl or cyclic N) is 2. The predicted octanol–water partition coefficient (Wildman–Crippen LogP) is -1.41.